The summed E-state index contributed by atoms with van der Waals surface area (Å²) in [4.78, 5) is 0. The van der Waals surface area contributed by atoms with Gasteiger partial charge in [-0.1, -0.05) is 48.6 Å². The summed E-state index contributed by atoms with van der Waals surface area (Å²) in [6.07, 6.45) is 5.88. The molecule has 0 aromatic heterocycles. The fourth-order valence-electron chi connectivity index (χ4n) is 4.40. The average Bonchev–Trinajstić information content (AvgIpc) is 2.90. The van der Waals surface area contributed by atoms with Crippen LogP contribution in [0, 0.1) is 5.82 Å². The van der Waals surface area contributed by atoms with Crippen LogP contribution in [0.4, 0.5) is 8.78 Å². The van der Waals surface area contributed by atoms with Gasteiger partial charge in [0.2, 0.25) is 0 Å². The van der Waals surface area contributed by atoms with Crippen molar-refractivity contribution >= 4 is 32.1 Å². The van der Waals surface area contributed by atoms with Gasteiger partial charge in [-0.2, -0.15) is 0 Å². The molecule has 0 saturated heterocycles. The van der Waals surface area contributed by atoms with Gasteiger partial charge in [-0.05, 0) is 62.7 Å². The SMILES string of the molecule is COc1ccccc1P(c1ccccc1F)N(C(C)C)P(c1ccccc1OC)C1CC=CC=C1F. The van der Waals surface area contributed by atoms with Crippen LogP contribution in [-0.4, -0.2) is 30.4 Å². The molecule has 0 radical (unpaired) electrons. The molecule has 3 nitrogen and oxygen atoms in total. The van der Waals surface area contributed by atoms with Crippen molar-refractivity contribution < 1.29 is 18.3 Å². The van der Waals surface area contributed by atoms with E-state index < -0.39 is 21.8 Å². The van der Waals surface area contributed by atoms with Crippen LogP contribution in [0.2, 0.25) is 0 Å². The Morgan fingerprint density at radius 1 is 0.806 bits per heavy atom. The molecule has 3 aromatic rings. The van der Waals surface area contributed by atoms with Gasteiger partial charge in [0, 0.05) is 38.1 Å². The fourth-order valence-corrected chi connectivity index (χ4v) is 11.3. The van der Waals surface area contributed by atoms with E-state index in [1.807, 2.05) is 66.7 Å². The van der Waals surface area contributed by atoms with E-state index in [-0.39, 0.29) is 17.7 Å². The summed E-state index contributed by atoms with van der Waals surface area (Å²) in [6, 6.07) is 22.4. The summed E-state index contributed by atoms with van der Waals surface area (Å²) in [6.45, 7) is 4.19. The number of hydrogen-bond acceptors (Lipinski definition) is 3. The highest BCUT2D eigenvalue weighted by Crippen LogP contribution is 2.63. The molecule has 3 atom stereocenters. The highest BCUT2D eigenvalue weighted by Gasteiger charge is 2.41. The topological polar surface area (TPSA) is 21.7 Å². The molecule has 0 bridgehead atoms. The van der Waals surface area contributed by atoms with E-state index in [0.717, 1.165) is 10.6 Å². The minimum Gasteiger partial charge on any atom is -0.496 e. The van der Waals surface area contributed by atoms with Crippen LogP contribution in [0.25, 0.3) is 0 Å². The van der Waals surface area contributed by atoms with Crippen molar-refractivity contribution in [1.82, 2.24) is 4.44 Å². The van der Waals surface area contributed by atoms with Crippen molar-refractivity contribution in [2.75, 3.05) is 14.2 Å². The Kier molecular flexibility index (Phi) is 8.90. The first-order valence-corrected chi connectivity index (χ1v) is 14.5. The number of methoxy groups -OCH3 is 2. The lowest BCUT2D eigenvalue weighted by molar-refractivity contribution is 0.417. The zero-order chi connectivity index (χ0) is 25.7. The summed E-state index contributed by atoms with van der Waals surface area (Å²) in [5.74, 6) is 0.950. The smallest absolute Gasteiger partial charge is 0.132 e. The molecule has 1 aliphatic carbocycles. The first-order chi connectivity index (χ1) is 17.5. The second-order valence-corrected chi connectivity index (χ2v) is 13.2. The monoisotopic (exact) mass is 525 g/mol. The van der Waals surface area contributed by atoms with Crippen LogP contribution in [-0.2, 0) is 0 Å². The number of hydrogen-bond donors (Lipinski definition) is 0. The predicted octanol–water partition coefficient (Wildman–Crippen LogP) is 6.81. The quantitative estimate of drug-likeness (QED) is 0.287. The number of nitrogens with zero attached hydrogens (tertiary/aromatic N) is 1. The number of allylic oxidation sites excluding steroid dienone is 4. The second kappa shape index (κ2) is 12.1. The van der Waals surface area contributed by atoms with Crippen LogP contribution < -0.4 is 25.4 Å². The lowest BCUT2D eigenvalue weighted by Crippen LogP contribution is -2.37. The first-order valence-electron chi connectivity index (χ1n) is 11.9. The van der Waals surface area contributed by atoms with Gasteiger partial charge in [0.05, 0.1) is 19.9 Å². The molecular weight excluding hydrogens is 494 g/mol. The van der Waals surface area contributed by atoms with Gasteiger partial charge in [0.25, 0.3) is 0 Å². The Hall–Kier alpha value is -2.58. The highest BCUT2D eigenvalue weighted by atomic mass is 31.2. The average molecular weight is 526 g/mol. The zero-order valence-corrected chi connectivity index (χ0v) is 22.7. The Labute approximate surface area is 215 Å². The molecule has 0 spiro atoms. The zero-order valence-electron chi connectivity index (χ0n) is 20.9. The van der Waals surface area contributed by atoms with Gasteiger partial charge in [0.1, 0.15) is 23.1 Å². The van der Waals surface area contributed by atoms with Crippen molar-refractivity contribution in [3.63, 3.8) is 0 Å². The molecule has 4 rings (SSSR count). The summed E-state index contributed by atoms with van der Waals surface area (Å²) in [5, 5.41) is 2.42. The van der Waals surface area contributed by atoms with Crippen LogP contribution >= 0.6 is 16.1 Å². The molecule has 0 aliphatic heterocycles. The Balaban J connectivity index is 2.02. The van der Waals surface area contributed by atoms with Crippen LogP contribution in [0.15, 0.2) is 96.9 Å². The minimum atomic E-state index is -1.44. The van der Waals surface area contributed by atoms with E-state index in [1.165, 1.54) is 6.07 Å². The number of para-hydroxylation sites is 2. The first kappa shape index (κ1) is 26.5. The van der Waals surface area contributed by atoms with Crippen LogP contribution in [0.1, 0.15) is 20.3 Å². The van der Waals surface area contributed by atoms with Crippen LogP contribution in [0.5, 0.6) is 11.5 Å². The Morgan fingerprint density at radius 3 is 1.94 bits per heavy atom. The molecule has 3 unspecified atom stereocenters. The molecule has 36 heavy (non-hydrogen) atoms. The van der Waals surface area contributed by atoms with E-state index in [4.69, 9.17) is 9.47 Å². The van der Waals surface area contributed by atoms with Crippen LogP contribution in [0.3, 0.4) is 0 Å². The molecule has 7 heteroatoms. The van der Waals surface area contributed by atoms with E-state index in [1.54, 1.807) is 32.4 Å². The van der Waals surface area contributed by atoms with E-state index in [9.17, 15) is 0 Å². The van der Waals surface area contributed by atoms with Gasteiger partial charge in [-0.25, -0.2) is 13.2 Å². The highest BCUT2D eigenvalue weighted by molar-refractivity contribution is 7.82. The molecule has 0 saturated carbocycles. The second-order valence-electron chi connectivity index (χ2n) is 8.60. The third-order valence-corrected chi connectivity index (χ3v) is 12.4. The lowest BCUT2D eigenvalue weighted by atomic mass is 10.2. The summed E-state index contributed by atoms with van der Waals surface area (Å²) >= 11 is 0. The standard InChI is InChI=1S/C29H31F2NO2P2/c1-21(2)32(35(26-17-9-5-13-22(26)30)28-19-11-7-15-24(28)33-3)36(27-18-10-6-14-23(27)31)29-20-12-8-16-25(29)34-4/h5-17,19-21,27H,18H2,1-4H3. The number of ether oxygens (including phenoxy) is 2. The summed E-state index contributed by atoms with van der Waals surface area (Å²) < 4.78 is 45.0. The maximum Gasteiger partial charge on any atom is 0.132 e. The van der Waals surface area contributed by atoms with E-state index in [0.29, 0.717) is 23.2 Å². The lowest BCUT2D eigenvalue weighted by Gasteiger charge is -2.45. The number of rotatable bonds is 9. The molecule has 0 heterocycles. The summed E-state index contributed by atoms with van der Waals surface area (Å²) in [7, 11) is 0.492. The maximum atomic E-state index is 15.6. The van der Waals surface area contributed by atoms with E-state index in [2.05, 4.69) is 18.3 Å². The molecular formula is C29H31F2NO2P2. The van der Waals surface area contributed by atoms with Crippen molar-refractivity contribution in [3.8, 4) is 11.5 Å². The van der Waals surface area contributed by atoms with Gasteiger partial charge in [-0.3, -0.25) is 0 Å². The molecule has 0 amide bonds. The van der Waals surface area contributed by atoms with Gasteiger partial charge in [0.15, 0.2) is 0 Å². The van der Waals surface area contributed by atoms with Crippen molar-refractivity contribution in [2.24, 2.45) is 0 Å². The van der Waals surface area contributed by atoms with Crippen molar-refractivity contribution in [1.29, 1.82) is 0 Å². The molecule has 3 aromatic carbocycles. The third kappa shape index (κ3) is 5.39. The van der Waals surface area contributed by atoms with Gasteiger partial charge >= 0.3 is 0 Å². The molecule has 0 fully saturated rings. The number of benzene rings is 3. The van der Waals surface area contributed by atoms with Gasteiger partial charge < -0.3 is 9.47 Å². The van der Waals surface area contributed by atoms with Gasteiger partial charge in [-0.15, -0.1) is 0 Å². The third-order valence-electron chi connectivity index (χ3n) is 5.98. The molecule has 1 aliphatic rings. The maximum absolute atomic E-state index is 15.6. The minimum absolute atomic E-state index is 0.0321. The molecule has 188 valence electrons. The van der Waals surface area contributed by atoms with Crippen molar-refractivity contribution in [2.45, 2.75) is 32.0 Å². The Morgan fingerprint density at radius 2 is 1.36 bits per heavy atom. The predicted molar refractivity (Wildman–Crippen MR) is 149 cm³/mol. The normalized spacial score (nSPS) is 17.1. The largest absolute Gasteiger partial charge is 0.496 e. The fraction of sp³-hybridized carbons (Fsp3) is 0.241. The Bertz CT molecular complexity index is 1250. The van der Waals surface area contributed by atoms with E-state index >= 15 is 8.78 Å². The molecule has 0 N–H and O–H groups in total. The summed E-state index contributed by atoms with van der Waals surface area (Å²) in [5.41, 5.74) is -0.393. The van der Waals surface area contributed by atoms with Crippen molar-refractivity contribution in [3.05, 3.63) is 103 Å². The number of halogens is 2.